The fourth-order valence-electron chi connectivity index (χ4n) is 2.35. The van der Waals surface area contributed by atoms with Crippen LogP contribution in [0.25, 0.3) is 0 Å². The summed E-state index contributed by atoms with van der Waals surface area (Å²) in [6, 6.07) is -0.291. The summed E-state index contributed by atoms with van der Waals surface area (Å²) in [6.07, 6.45) is 2.44. The number of methoxy groups -OCH3 is 1. The number of carbonyl (C=O) groups excluding carboxylic acids is 2. The molecule has 1 rings (SSSR count). The zero-order valence-corrected chi connectivity index (χ0v) is 12.7. The zero-order valence-electron chi connectivity index (χ0n) is 12.7. The Balaban J connectivity index is 2.38. The second-order valence-electron chi connectivity index (χ2n) is 5.51. The van der Waals surface area contributed by atoms with Gasteiger partial charge in [-0.05, 0) is 18.8 Å². The largest absolute Gasteiger partial charge is 0.375 e. The summed E-state index contributed by atoms with van der Waals surface area (Å²) in [4.78, 5) is 25.5. The van der Waals surface area contributed by atoms with Crippen molar-refractivity contribution in [3.05, 3.63) is 0 Å². The number of piperidine rings is 1. The minimum absolute atomic E-state index is 0.0287. The molecule has 116 valence electrons. The summed E-state index contributed by atoms with van der Waals surface area (Å²) in [5, 5.41) is 2.91. The van der Waals surface area contributed by atoms with Crippen molar-refractivity contribution in [1.82, 2.24) is 10.2 Å². The molecule has 0 bridgehead atoms. The molecular weight excluding hydrogens is 258 g/mol. The maximum Gasteiger partial charge on any atom is 0.246 e. The summed E-state index contributed by atoms with van der Waals surface area (Å²) >= 11 is 0. The summed E-state index contributed by atoms with van der Waals surface area (Å²) in [5.74, 6) is 0.122. The van der Waals surface area contributed by atoms with Gasteiger partial charge in [-0.25, -0.2) is 0 Å². The van der Waals surface area contributed by atoms with Gasteiger partial charge in [0.05, 0.1) is 6.04 Å². The van der Waals surface area contributed by atoms with Crippen LogP contribution in [0, 0.1) is 5.92 Å². The van der Waals surface area contributed by atoms with Crippen LogP contribution >= 0.6 is 0 Å². The van der Waals surface area contributed by atoms with Crippen molar-refractivity contribution in [3.8, 4) is 0 Å². The van der Waals surface area contributed by atoms with E-state index in [1.54, 1.807) is 0 Å². The molecule has 0 aliphatic carbocycles. The van der Waals surface area contributed by atoms with Crippen LogP contribution in [-0.4, -0.2) is 55.6 Å². The van der Waals surface area contributed by atoms with Crippen LogP contribution in [0.15, 0.2) is 0 Å². The highest BCUT2D eigenvalue weighted by atomic mass is 16.5. The molecule has 0 radical (unpaired) electrons. The number of nitrogens with one attached hydrogen (secondary N) is 1. The Labute approximate surface area is 121 Å². The molecule has 20 heavy (non-hydrogen) atoms. The topological polar surface area (TPSA) is 84.7 Å². The normalized spacial score (nSPS) is 19.5. The Morgan fingerprint density at radius 3 is 2.50 bits per heavy atom. The first-order valence-electron chi connectivity index (χ1n) is 7.32. The van der Waals surface area contributed by atoms with E-state index in [1.165, 1.54) is 7.11 Å². The molecule has 0 aromatic heterocycles. The molecule has 1 saturated heterocycles. The van der Waals surface area contributed by atoms with Gasteiger partial charge in [0.25, 0.3) is 0 Å². The van der Waals surface area contributed by atoms with Crippen LogP contribution < -0.4 is 11.1 Å². The Morgan fingerprint density at radius 2 is 2.00 bits per heavy atom. The first-order chi connectivity index (χ1) is 9.49. The number of hydrogen-bond acceptors (Lipinski definition) is 4. The highest BCUT2D eigenvalue weighted by Gasteiger charge is 2.28. The lowest BCUT2D eigenvalue weighted by atomic mass is 9.97. The van der Waals surface area contributed by atoms with Gasteiger partial charge in [0, 0.05) is 26.2 Å². The van der Waals surface area contributed by atoms with Crippen LogP contribution in [-0.2, 0) is 14.3 Å². The van der Waals surface area contributed by atoms with Gasteiger partial charge in [-0.1, -0.05) is 20.3 Å². The molecule has 0 spiro atoms. The van der Waals surface area contributed by atoms with E-state index in [2.05, 4.69) is 5.32 Å². The number of likely N-dealkylation sites (tertiary alicyclic amines) is 1. The van der Waals surface area contributed by atoms with E-state index in [4.69, 9.17) is 10.5 Å². The SMILES string of the molecule is CC[C@H](C)[C@H](N)C(=O)N1CCC(NC(=O)COC)CC1. The van der Waals surface area contributed by atoms with E-state index in [1.807, 2.05) is 18.7 Å². The second-order valence-corrected chi connectivity index (χ2v) is 5.51. The van der Waals surface area contributed by atoms with E-state index >= 15 is 0 Å². The Hall–Kier alpha value is -1.14. The first kappa shape index (κ1) is 16.9. The van der Waals surface area contributed by atoms with E-state index in [0.29, 0.717) is 13.1 Å². The minimum atomic E-state index is -0.417. The van der Waals surface area contributed by atoms with Gasteiger partial charge in [0.2, 0.25) is 11.8 Å². The third-order valence-electron chi connectivity index (χ3n) is 3.99. The predicted molar refractivity (Wildman–Crippen MR) is 77.1 cm³/mol. The van der Waals surface area contributed by atoms with Gasteiger partial charge in [-0.3, -0.25) is 9.59 Å². The second kappa shape index (κ2) is 8.21. The highest BCUT2D eigenvalue weighted by molar-refractivity contribution is 5.82. The summed E-state index contributed by atoms with van der Waals surface area (Å²) in [5.41, 5.74) is 5.98. The molecule has 6 heteroatoms. The van der Waals surface area contributed by atoms with Crippen LogP contribution in [0.3, 0.4) is 0 Å². The summed E-state index contributed by atoms with van der Waals surface area (Å²) < 4.78 is 4.78. The quantitative estimate of drug-likeness (QED) is 0.725. The molecule has 1 heterocycles. The van der Waals surface area contributed by atoms with Crippen LogP contribution in [0.1, 0.15) is 33.1 Å². The molecule has 0 aromatic carbocycles. The van der Waals surface area contributed by atoms with Crippen LogP contribution in [0.5, 0.6) is 0 Å². The van der Waals surface area contributed by atoms with Crippen LogP contribution in [0.4, 0.5) is 0 Å². The van der Waals surface area contributed by atoms with Crippen molar-refractivity contribution < 1.29 is 14.3 Å². The average Bonchev–Trinajstić information content (AvgIpc) is 2.46. The first-order valence-corrected chi connectivity index (χ1v) is 7.32. The molecule has 1 aliphatic heterocycles. The van der Waals surface area contributed by atoms with E-state index < -0.39 is 6.04 Å². The van der Waals surface area contributed by atoms with Gasteiger partial charge < -0.3 is 20.7 Å². The lowest BCUT2D eigenvalue weighted by Gasteiger charge is -2.34. The van der Waals surface area contributed by atoms with Crippen molar-refractivity contribution in [1.29, 1.82) is 0 Å². The zero-order chi connectivity index (χ0) is 15.1. The van der Waals surface area contributed by atoms with Gasteiger partial charge >= 0.3 is 0 Å². The van der Waals surface area contributed by atoms with Crippen molar-refractivity contribution in [2.75, 3.05) is 26.8 Å². The van der Waals surface area contributed by atoms with Gasteiger partial charge in [0.15, 0.2) is 0 Å². The summed E-state index contributed by atoms with van der Waals surface area (Å²) in [7, 11) is 1.50. The maximum absolute atomic E-state index is 12.2. The average molecular weight is 285 g/mol. The van der Waals surface area contributed by atoms with Gasteiger partial charge in [0.1, 0.15) is 6.61 Å². The standard InChI is InChI=1S/C14H27N3O3/c1-4-10(2)13(15)14(19)17-7-5-11(6-8-17)16-12(18)9-20-3/h10-11,13H,4-9,15H2,1-3H3,(H,16,18)/t10-,13-/m0/s1. The highest BCUT2D eigenvalue weighted by Crippen LogP contribution is 2.14. The molecule has 0 unspecified atom stereocenters. The number of amides is 2. The lowest BCUT2D eigenvalue weighted by molar-refractivity contribution is -0.135. The third kappa shape index (κ3) is 4.76. The van der Waals surface area contributed by atoms with E-state index in [-0.39, 0.29) is 30.4 Å². The Kier molecular flexibility index (Phi) is 6.95. The Morgan fingerprint density at radius 1 is 1.40 bits per heavy atom. The Bertz CT molecular complexity index is 328. The number of rotatable bonds is 6. The molecule has 3 N–H and O–H groups in total. The predicted octanol–water partition coefficient (Wildman–Crippen LogP) is 0.113. The third-order valence-corrected chi connectivity index (χ3v) is 3.99. The lowest BCUT2D eigenvalue weighted by Crippen LogP contribution is -2.52. The van der Waals surface area contributed by atoms with Crippen molar-refractivity contribution in [2.24, 2.45) is 11.7 Å². The smallest absolute Gasteiger partial charge is 0.246 e. The van der Waals surface area contributed by atoms with E-state index in [9.17, 15) is 9.59 Å². The minimum Gasteiger partial charge on any atom is -0.375 e. The molecular formula is C14H27N3O3. The molecule has 0 aromatic rings. The number of ether oxygens (including phenoxy) is 1. The maximum atomic E-state index is 12.2. The fraction of sp³-hybridized carbons (Fsp3) is 0.857. The summed E-state index contributed by atoms with van der Waals surface area (Å²) in [6.45, 7) is 5.43. The molecule has 2 amide bonds. The number of nitrogens with zero attached hydrogens (tertiary/aromatic N) is 1. The van der Waals surface area contributed by atoms with Crippen molar-refractivity contribution in [2.45, 2.75) is 45.2 Å². The fourth-order valence-corrected chi connectivity index (χ4v) is 2.35. The number of nitrogens with two attached hydrogens (primary N) is 1. The van der Waals surface area contributed by atoms with Crippen molar-refractivity contribution in [3.63, 3.8) is 0 Å². The number of carbonyl (C=O) groups is 2. The van der Waals surface area contributed by atoms with Crippen LogP contribution in [0.2, 0.25) is 0 Å². The molecule has 6 nitrogen and oxygen atoms in total. The monoisotopic (exact) mass is 285 g/mol. The molecule has 1 aliphatic rings. The van der Waals surface area contributed by atoms with Gasteiger partial charge in [-0.15, -0.1) is 0 Å². The molecule has 2 atom stereocenters. The number of hydrogen-bond donors (Lipinski definition) is 2. The van der Waals surface area contributed by atoms with Gasteiger partial charge in [-0.2, -0.15) is 0 Å². The molecule has 1 fully saturated rings. The molecule has 0 saturated carbocycles. The van der Waals surface area contributed by atoms with E-state index in [0.717, 1.165) is 19.3 Å². The van der Waals surface area contributed by atoms with Crippen molar-refractivity contribution >= 4 is 11.8 Å².